The highest BCUT2D eigenvalue weighted by Gasteiger charge is 2.45. The van der Waals surface area contributed by atoms with E-state index in [1.54, 1.807) is 6.08 Å². The van der Waals surface area contributed by atoms with Crippen LogP contribution in [-0.4, -0.2) is 92.3 Å². The first kappa shape index (κ1) is 54.6. The van der Waals surface area contributed by atoms with E-state index in [0.29, 0.717) is 12.8 Å². The van der Waals surface area contributed by atoms with Crippen LogP contribution in [-0.2, 0) is 14.3 Å². The van der Waals surface area contributed by atoms with Crippen LogP contribution in [0.5, 0.6) is 0 Å². The molecule has 1 saturated heterocycles. The molecular weight excluding hydrogens is 735 g/mol. The van der Waals surface area contributed by atoms with Crippen LogP contribution in [0.25, 0.3) is 0 Å². The summed E-state index contributed by atoms with van der Waals surface area (Å²) in [5.41, 5.74) is 0. The molecular formula is C48H91NO9. The van der Waals surface area contributed by atoms with Crippen LogP contribution in [0, 0.1) is 0 Å². The second-order valence-electron chi connectivity index (χ2n) is 17.0. The average molecular weight is 826 g/mol. The normalized spacial score (nSPS) is 21.6. The van der Waals surface area contributed by atoms with E-state index in [2.05, 4.69) is 31.3 Å². The topological polar surface area (TPSA) is 169 Å². The molecule has 1 heterocycles. The molecule has 1 aliphatic heterocycles. The second kappa shape index (κ2) is 38.5. The fraction of sp³-hybridized carbons (Fsp3) is 0.896. The Kier molecular flexibility index (Phi) is 36.3. The van der Waals surface area contributed by atoms with Gasteiger partial charge in [0.25, 0.3) is 5.91 Å². The molecule has 0 aromatic heterocycles. The third-order valence-electron chi connectivity index (χ3n) is 11.6. The van der Waals surface area contributed by atoms with Gasteiger partial charge in [0, 0.05) is 0 Å². The number of amides is 1. The molecule has 0 aromatic carbocycles. The summed E-state index contributed by atoms with van der Waals surface area (Å²) in [5, 5.41) is 64.8. The van der Waals surface area contributed by atoms with Gasteiger partial charge in [-0.25, -0.2) is 0 Å². The van der Waals surface area contributed by atoms with E-state index in [9.17, 15) is 35.4 Å². The number of ether oxygens (including phenoxy) is 2. The van der Waals surface area contributed by atoms with Gasteiger partial charge < -0.3 is 45.4 Å². The van der Waals surface area contributed by atoms with Gasteiger partial charge in [-0.1, -0.05) is 212 Å². The molecule has 0 saturated carbocycles. The van der Waals surface area contributed by atoms with Gasteiger partial charge in [-0.2, -0.15) is 0 Å². The molecule has 342 valence electrons. The maximum Gasteiger partial charge on any atom is 0.250 e. The number of aliphatic hydroxyl groups is 6. The van der Waals surface area contributed by atoms with Crippen LogP contribution >= 0.6 is 0 Å². The minimum absolute atomic E-state index is 0.259. The van der Waals surface area contributed by atoms with Crippen molar-refractivity contribution in [3.05, 3.63) is 24.3 Å². The fourth-order valence-corrected chi connectivity index (χ4v) is 7.65. The van der Waals surface area contributed by atoms with Crippen molar-refractivity contribution in [3.8, 4) is 0 Å². The molecule has 8 atom stereocenters. The highest BCUT2D eigenvalue weighted by molar-refractivity contribution is 5.80. The number of allylic oxidation sites excluding steroid dienone is 3. The van der Waals surface area contributed by atoms with Crippen LogP contribution in [0.4, 0.5) is 0 Å². The van der Waals surface area contributed by atoms with Gasteiger partial charge in [0.2, 0.25) is 0 Å². The van der Waals surface area contributed by atoms with Crippen molar-refractivity contribution in [1.82, 2.24) is 5.32 Å². The van der Waals surface area contributed by atoms with Gasteiger partial charge in [0.1, 0.15) is 36.6 Å². The summed E-state index contributed by atoms with van der Waals surface area (Å²) in [5.74, 6) is -0.733. The molecule has 58 heavy (non-hydrogen) atoms. The fourth-order valence-electron chi connectivity index (χ4n) is 7.65. The molecule has 0 radical (unpaired) electrons. The first-order chi connectivity index (χ1) is 28.3. The molecule has 0 unspecified atom stereocenters. The Morgan fingerprint density at radius 2 is 0.983 bits per heavy atom. The summed E-state index contributed by atoms with van der Waals surface area (Å²) >= 11 is 0. The van der Waals surface area contributed by atoms with Crippen molar-refractivity contribution in [2.75, 3.05) is 6.61 Å². The smallest absolute Gasteiger partial charge is 0.250 e. The molecule has 1 amide bonds. The Morgan fingerprint density at radius 1 is 0.569 bits per heavy atom. The standard InChI is InChI=1S/C48H91NO9/c1-3-5-7-9-11-13-15-17-19-20-21-22-24-25-27-29-31-33-35-37-40(51)46(56)49-47(58-48-45(55)44(54)43(53)42(39-50)57-48)41(52)38-36-34-32-30-28-26-23-18-16-14-12-10-8-6-4-2/h28,30,36,38,40-45,47-48,50-55H,3-27,29,31-35,37,39H2,1-2H3,(H,49,56)/b30-28-,38-36+/t40-,41+,42-,43-,44+,45-,47+,48+/m1/s1. The molecule has 0 aromatic rings. The Balaban J connectivity index is 2.38. The number of rotatable bonds is 40. The number of unbranched alkanes of at least 4 members (excludes halogenated alkanes) is 28. The third kappa shape index (κ3) is 28.2. The SMILES string of the molecule is CCCCCCCCCCC/C=C\CC/C=C/[C@H](O)[C@@H](NC(=O)[C@H](O)CCCCCCCCCCCCCCCCCCCCC)O[C@@H]1O[C@H](CO)[C@@H](O)[C@H](O)[C@H]1O. The maximum atomic E-state index is 13.0. The average Bonchev–Trinajstić information content (AvgIpc) is 3.22. The Labute approximate surface area is 354 Å². The zero-order chi connectivity index (χ0) is 42.5. The first-order valence-corrected chi connectivity index (χ1v) is 24.2. The minimum Gasteiger partial charge on any atom is -0.394 e. The first-order valence-electron chi connectivity index (χ1n) is 24.2. The third-order valence-corrected chi connectivity index (χ3v) is 11.6. The van der Waals surface area contributed by atoms with E-state index in [4.69, 9.17) is 9.47 Å². The lowest BCUT2D eigenvalue weighted by molar-refractivity contribution is -0.317. The molecule has 0 bridgehead atoms. The largest absolute Gasteiger partial charge is 0.394 e. The van der Waals surface area contributed by atoms with E-state index in [1.165, 1.54) is 160 Å². The number of aliphatic hydroxyl groups excluding tert-OH is 6. The molecule has 1 aliphatic rings. The van der Waals surface area contributed by atoms with Crippen molar-refractivity contribution < 1.29 is 44.9 Å². The van der Waals surface area contributed by atoms with E-state index in [0.717, 1.165) is 32.1 Å². The lowest BCUT2D eigenvalue weighted by Crippen LogP contribution is -2.61. The van der Waals surface area contributed by atoms with Gasteiger partial charge in [0.05, 0.1) is 6.61 Å². The monoisotopic (exact) mass is 826 g/mol. The molecule has 1 fully saturated rings. The lowest BCUT2D eigenvalue weighted by Gasteiger charge is -2.41. The number of carbonyl (C=O) groups excluding carboxylic acids is 1. The van der Waals surface area contributed by atoms with Crippen molar-refractivity contribution in [3.63, 3.8) is 0 Å². The number of hydrogen-bond donors (Lipinski definition) is 7. The van der Waals surface area contributed by atoms with Crippen LogP contribution < -0.4 is 5.32 Å². The van der Waals surface area contributed by atoms with Crippen LogP contribution in [0.2, 0.25) is 0 Å². The number of hydrogen-bond acceptors (Lipinski definition) is 9. The van der Waals surface area contributed by atoms with Crippen LogP contribution in [0.3, 0.4) is 0 Å². The van der Waals surface area contributed by atoms with Gasteiger partial charge in [-0.05, 0) is 32.1 Å². The summed E-state index contributed by atoms with van der Waals surface area (Å²) in [7, 11) is 0. The molecule has 10 nitrogen and oxygen atoms in total. The molecule has 0 aliphatic carbocycles. The molecule has 0 spiro atoms. The van der Waals surface area contributed by atoms with Gasteiger partial charge in [-0.3, -0.25) is 4.79 Å². The highest BCUT2D eigenvalue weighted by atomic mass is 16.7. The van der Waals surface area contributed by atoms with Crippen LogP contribution in [0.1, 0.15) is 219 Å². The predicted octanol–water partition coefficient (Wildman–Crippen LogP) is 9.60. The predicted molar refractivity (Wildman–Crippen MR) is 236 cm³/mol. The summed E-state index contributed by atoms with van der Waals surface area (Å²) in [6.07, 6.45) is 34.2. The molecule has 10 heteroatoms. The van der Waals surface area contributed by atoms with Crippen molar-refractivity contribution in [2.45, 2.75) is 268 Å². The Morgan fingerprint density at radius 3 is 1.45 bits per heavy atom. The zero-order valence-corrected chi connectivity index (χ0v) is 37.2. The second-order valence-corrected chi connectivity index (χ2v) is 17.0. The van der Waals surface area contributed by atoms with Gasteiger partial charge >= 0.3 is 0 Å². The van der Waals surface area contributed by atoms with E-state index in [1.807, 2.05) is 0 Å². The van der Waals surface area contributed by atoms with Gasteiger partial charge in [0.15, 0.2) is 12.5 Å². The summed E-state index contributed by atoms with van der Waals surface area (Å²) in [4.78, 5) is 13.0. The highest BCUT2D eigenvalue weighted by Crippen LogP contribution is 2.24. The summed E-state index contributed by atoms with van der Waals surface area (Å²) in [6.45, 7) is 3.87. The molecule has 1 rings (SSSR count). The van der Waals surface area contributed by atoms with Crippen molar-refractivity contribution in [1.29, 1.82) is 0 Å². The summed E-state index contributed by atoms with van der Waals surface area (Å²) < 4.78 is 11.2. The van der Waals surface area contributed by atoms with Crippen LogP contribution in [0.15, 0.2) is 24.3 Å². The van der Waals surface area contributed by atoms with E-state index < -0.39 is 61.7 Å². The molecule has 7 N–H and O–H groups in total. The minimum atomic E-state index is -1.71. The van der Waals surface area contributed by atoms with E-state index >= 15 is 0 Å². The number of carbonyl (C=O) groups is 1. The summed E-state index contributed by atoms with van der Waals surface area (Å²) in [6, 6.07) is 0. The van der Waals surface area contributed by atoms with Crippen molar-refractivity contribution in [2.24, 2.45) is 0 Å². The number of nitrogens with one attached hydrogen (secondary N) is 1. The maximum absolute atomic E-state index is 13.0. The quantitative estimate of drug-likeness (QED) is 0.0181. The Bertz CT molecular complexity index is 979. The lowest BCUT2D eigenvalue weighted by atomic mass is 9.99. The van der Waals surface area contributed by atoms with E-state index in [-0.39, 0.29) is 6.42 Å². The Hall–Kier alpha value is -1.37. The van der Waals surface area contributed by atoms with Gasteiger partial charge in [-0.15, -0.1) is 0 Å². The zero-order valence-electron chi connectivity index (χ0n) is 37.2. The van der Waals surface area contributed by atoms with Crippen molar-refractivity contribution >= 4 is 5.91 Å².